The number of hydrogen-bond acceptors (Lipinski definition) is 4. The average molecular weight is 354 g/mol. The first kappa shape index (κ1) is 16.9. The zero-order valence-electron chi connectivity index (χ0n) is 14.0. The molecule has 0 aliphatic rings. The summed E-state index contributed by atoms with van der Waals surface area (Å²) in [5.41, 5.74) is 2.48. The third kappa shape index (κ3) is 3.95. The van der Waals surface area contributed by atoms with Crippen molar-refractivity contribution in [2.24, 2.45) is 7.05 Å². The van der Waals surface area contributed by atoms with Gasteiger partial charge in [0.05, 0.1) is 23.0 Å². The Bertz CT molecular complexity index is 886. The minimum Gasteiger partial charge on any atom is -0.337 e. The second-order valence-corrected chi connectivity index (χ2v) is 6.48. The van der Waals surface area contributed by atoms with Crippen LogP contribution in [0.1, 0.15) is 26.3 Å². The van der Waals surface area contributed by atoms with Crippen molar-refractivity contribution in [2.45, 2.75) is 6.54 Å². The monoisotopic (exact) mass is 354 g/mol. The van der Waals surface area contributed by atoms with E-state index in [-0.39, 0.29) is 11.8 Å². The highest BCUT2D eigenvalue weighted by Crippen LogP contribution is 2.19. The van der Waals surface area contributed by atoms with Gasteiger partial charge in [0.2, 0.25) is 0 Å². The number of thiophene rings is 1. The van der Waals surface area contributed by atoms with Gasteiger partial charge in [-0.3, -0.25) is 14.3 Å². The maximum atomic E-state index is 12.8. The first-order valence-corrected chi connectivity index (χ1v) is 8.64. The molecule has 0 unspecified atom stereocenters. The highest BCUT2D eigenvalue weighted by atomic mass is 32.1. The van der Waals surface area contributed by atoms with Crippen LogP contribution in [0.25, 0.3) is 0 Å². The van der Waals surface area contributed by atoms with E-state index in [1.54, 1.807) is 58.5 Å². The number of nitrogens with one attached hydrogen (secondary N) is 1. The van der Waals surface area contributed by atoms with Gasteiger partial charge in [-0.1, -0.05) is 12.1 Å². The largest absolute Gasteiger partial charge is 0.337 e. The number of para-hydroxylation sites is 1. The van der Waals surface area contributed by atoms with E-state index in [0.717, 1.165) is 5.56 Å². The third-order valence-corrected chi connectivity index (χ3v) is 4.40. The van der Waals surface area contributed by atoms with Crippen molar-refractivity contribution in [1.82, 2.24) is 14.7 Å². The molecule has 0 aliphatic carbocycles. The van der Waals surface area contributed by atoms with Crippen LogP contribution in [0, 0.1) is 0 Å². The van der Waals surface area contributed by atoms with Crippen molar-refractivity contribution in [3.8, 4) is 0 Å². The molecule has 1 aromatic carbocycles. The van der Waals surface area contributed by atoms with E-state index in [2.05, 4.69) is 10.4 Å². The van der Waals surface area contributed by atoms with Crippen LogP contribution in [0.4, 0.5) is 5.69 Å². The Kier molecular flexibility index (Phi) is 4.95. The van der Waals surface area contributed by atoms with Crippen LogP contribution >= 0.6 is 11.3 Å². The third-order valence-electron chi connectivity index (χ3n) is 3.71. The molecular weight excluding hydrogens is 336 g/mol. The van der Waals surface area contributed by atoms with Crippen LogP contribution in [0.15, 0.2) is 53.5 Å². The molecule has 0 fully saturated rings. The highest BCUT2D eigenvalue weighted by molar-refractivity contribution is 7.08. The standard InChI is InChI=1S/C18H18N4O2S/c1-21(10-13-9-19-22(2)11-13)18(24)15-5-3-4-6-16(15)20-17(23)14-7-8-25-12-14/h3-9,11-12H,10H2,1-2H3,(H,20,23). The zero-order valence-corrected chi connectivity index (χ0v) is 14.8. The molecule has 128 valence electrons. The molecule has 6 nitrogen and oxygen atoms in total. The fourth-order valence-electron chi connectivity index (χ4n) is 2.47. The highest BCUT2D eigenvalue weighted by Gasteiger charge is 2.18. The molecule has 2 heterocycles. The van der Waals surface area contributed by atoms with Crippen molar-refractivity contribution in [3.05, 3.63) is 70.2 Å². The van der Waals surface area contributed by atoms with Crippen molar-refractivity contribution in [1.29, 1.82) is 0 Å². The van der Waals surface area contributed by atoms with Crippen LogP contribution in [0.2, 0.25) is 0 Å². The number of anilines is 1. The Morgan fingerprint density at radius 3 is 2.76 bits per heavy atom. The van der Waals surface area contributed by atoms with E-state index >= 15 is 0 Å². The lowest BCUT2D eigenvalue weighted by molar-refractivity contribution is 0.0786. The summed E-state index contributed by atoms with van der Waals surface area (Å²) in [5.74, 6) is -0.388. The van der Waals surface area contributed by atoms with Gasteiger partial charge in [0.25, 0.3) is 11.8 Å². The molecular formula is C18H18N4O2S. The minimum atomic E-state index is -0.226. The molecule has 2 amide bonds. The number of nitrogens with zero attached hydrogens (tertiary/aromatic N) is 3. The van der Waals surface area contributed by atoms with E-state index < -0.39 is 0 Å². The maximum absolute atomic E-state index is 12.8. The number of aryl methyl sites for hydroxylation is 1. The molecule has 0 atom stereocenters. The molecule has 0 saturated carbocycles. The van der Waals surface area contributed by atoms with Crippen molar-refractivity contribution < 1.29 is 9.59 Å². The molecule has 0 bridgehead atoms. The Morgan fingerprint density at radius 1 is 1.28 bits per heavy atom. The van der Waals surface area contributed by atoms with E-state index in [9.17, 15) is 9.59 Å². The maximum Gasteiger partial charge on any atom is 0.256 e. The number of amides is 2. The fraction of sp³-hybridized carbons (Fsp3) is 0.167. The smallest absolute Gasteiger partial charge is 0.256 e. The van der Waals surface area contributed by atoms with Crippen LogP contribution < -0.4 is 5.32 Å². The lowest BCUT2D eigenvalue weighted by Crippen LogP contribution is -2.27. The lowest BCUT2D eigenvalue weighted by atomic mass is 10.1. The first-order chi connectivity index (χ1) is 12.0. The Balaban J connectivity index is 1.77. The lowest BCUT2D eigenvalue weighted by Gasteiger charge is -2.18. The van der Waals surface area contributed by atoms with Gasteiger partial charge in [-0.2, -0.15) is 16.4 Å². The van der Waals surface area contributed by atoms with Gasteiger partial charge in [0.1, 0.15) is 0 Å². The molecule has 2 aromatic heterocycles. The van der Waals surface area contributed by atoms with Gasteiger partial charge < -0.3 is 10.2 Å². The van der Waals surface area contributed by atoms with Gasteiger partial charge in [-0.25, -0.2) is 0 Å². The summed E-state index contributed by atoms with van der Waals surface area (Å²) in [6.45, 7) is 0.444. The average Bonchev–Trinajstić information content (AvgIpc) is 3.26. The molecule has 7 heteroatoms. The van der Waals surface area contributed by atoms with E-state index in [1.807, 2.05) is 18.6 Å². The normalized spacial score (nSPS) is 10.5. The van der Waals surface area contributed by atoms with Crippen LogP contribution in [-0.2, 0) is 13.6 Å². The summed E-state index contributed by atoms with van der Waals surface area (Å²) in [7, 11) is 3.56. The molecule has 3 rings (SSSR count). The summed E-state index contributed by atoms with van der Waals surface area (Å²) >= 11 is 1.45. The summed E-state index contributed by atoms with van der Waals surface area (Å²) in [6.07, 6.45) is 3.60. The molecule has 0 saturated heterocycles. The quantitative estimate of drug-likeness (QED) is 0.766. The predicted molar refractivity (Wildman–Crippen MR) is 97.7 cm³/mol. The van der Waals surface area contributed by atoms with Crippen molar-refractivity contribution >= 4 is 28.8 Å². The number of rotatable bonds is 5. The zero-order chi connectivity index (χ0) is 17.8. The van der Waals surface area contributed by atoms with Crippen molar-refractivity contribution in [3.63, 3.8) is 0 Å². The fourth-order valence-corrected chi connectivity index (χ4v) is 3.11. The van der Waals surface area contributed by atoms with Gasteiger partial charge in [-0.15, -0.1) is 0 Å². The Labute approximate surface area is 149 Å². The van der Waals surface area contributed by atoms with Gasteiger partial charge in [0.15, 0.2) is 0 Å². The second-order valence-electron chi connectivity index (χ2n) is 5.70. The van der Waals surface area contributed by atoms with Crippen LogP contribution in [0.3, 0.4) is 0 Å². The van der Waals surface area contributed by atoms with Crippen LogP contribution in [-0.4, -0.2) is 33.5 Å². The minimum absolute atomic E-state index is 0.162. The van der Waals surface area contributed by atoms with Gasteiger partial charge >= 0.3 is 0 Å². The Morgan fingerprint density at radius 2 is 2.08 bits per heavy atom. The summed E-state index contributed by atoms with van der Waals surface area (Å²) in [6, 6.07) is 8.77. The number of aromatic nitrogens is 2. The molecule has 3 aromatic rings. The predicted octanol–water partition coefficient (Wildman–Crippen LogP) is 3.01. The summed E-state index contributed by atoms with van der Waals surface area (Å²) in [4.78, 5) is 26.7. The Hall–Kier alpha value is -2.93. The molecule has 0 aliphatic heterocycles. The van der Waals surface area contributed by atoms with E-state index in [0.29, 0.717) is 23.4 Å². The number of hydrogen-bond donors (Lipinski definition) is 1. The summed E-state index contributed by atoms with van der Waals surface area (Å²) < 4.78 is 1.70. The first-order valence-electron chi connectivity index (χ1n) is 7.70. The van der Waals surface area contributed by atoms with Crippen molar-refractivity contribution in [2.75, 3.05) is 12.4 Å². The molecule has 25 heavy (non-hydrogen) atoms. The molecule has 0 spiro atoms. The molecule has 1 N–H and O–H groups in total. The number of benzene rings is 1. The topological polar surface area (TPSA) is 67.2 Å². The van der Waals surface area contributed by atoms with E-state index in [1.165, 1.54) is 11.3 Å². The summed E-state index contributed by atoms with van der Waals surface area (Å²) in [5, 5.41) is 10.5. The van der Waals surface area contributed by atoms with Crippen LogP contribution in [0.5, 0.6) is 0 Å². The molecule has 0 radical (unpaired) electrons. The second kappa shape index (κ2) is 7.31. The number of carbonyl (C=O) groups is 2. The SMILES string of the molecule is CN(Cc1cnn(C)c1)C(=O)c1ccccc1NC(=O)c1ccsc1. The van der Waals surface area contributed by atoms with E-state index in [4.69, 9.17) is 0 Å². The van der Waals surface area contributed by atoms with Gasteiger partial charge in [-0.05, 0) is 23.6 Å². The van der Waals surface area contributed by atoms with Gasteiger partial charge in [0, 0.05) is 37.8 Å². The number of carbonyl (C=O) groups excluding carboxylic acids is 2.